The van der Waals surface area contributed by atoms with Gasteiger partial charge in [-0.1, -0.05) is 0 Å². The molecular weight excluding hydrogens is 272 g/mol. The van der Waals surface area contributed by atoms with E-state index in [0.29, 0.717) is 22.9 Å². The first-order valence-electron chi connectivity index (χ1n) is 6.13. The average molecular weight is 284 g/mol. The van der Waals surface area contributed by atoms with Gasteiger partial charge in [-0.2, -0.15) is 9.62 Å². The SMILES string of the molecule is Cc1nnc2ccc(N/N=C/c3ccc(O)cc3O)nn12. The lowest BCUT2D eigenvalue weighted by molar-refractivity contribution is 0.450. The molecule has 3 rings (SSSR count). The van der Waals surface area contributed by atoms with Crippen molar-refractivity contribution in [2.45, 2.75) is 6.92 Å². The largest absolute Gasteiger partial charge is 0.508 e. The highest BCUT2D eigenvalue weighted by atomic mass is 16.3. The quantitative estimate of drug-likeness (QED) is 0.494. The zero-order valence-electron chi connectivity index (χ0n) is 11.1. The highest BCUT2D eigenvalue weighted by Crippen LogP contribution is 2.20. The Morgan fingerprint density at radius 3 is 2.86 bits per heavy atom. The molecule has 0 aliphatic carbocycles. The molecule has 0 saturated carbocycles. The molecule has 0 saturated heterocycles. The fourth-order valence-electron chi connectivity index (χ4n) is 1.76. The Hall–Kier alpha value is -3.16. The molecule has 2 heterocycles. The van der Waals surface area contributed by atoms with Gasteiger partial charge in [-0.3, -0.25) is 5.43 Å². The summed E-state index contributed by atoms with van der Waals surface area (Å²) < 4.78 is 1.59. The third-order valence-electron chi connectivity index (χ3n) is 2.82. The Labute approximate surface area is 119 Å². The van der Waals surface area contributed by atoms with Crippen LogP contribution in [0.1, 0.15) is 11.4 Å². The standard InChI is InChI=1S/C13H12N6O2/c1-8-15-17-13-5-4-12(18-19(8)13)16-14-7-9-2-3-10(20)6-11(9)21/h2-7,20-21H,1H3,(H,16,18)/b14-7+. The summed E-state index contributed by atoms with van der Waals surface area (Å²) in [6.45, 7) is 1.80. The number of nitrogens with one attached hydrogen (secondary N) is 1. The summed E-state index contributed by atoms with van der Waals surface area (Å²) in [5.41, 5.74) is 3.88. The van der Waals surface area contributed by atoms with Gasteiger partial charge < -0.3 is 10.2 Å². The molecule has 3 N–H and O–H groups in total. The maximum absolute atomic E-state index is 9.62. The van der Waals surface area contributed by atoms with Crippen molar-refractivity contribution < 1.29 is 10.2 Å². The molecule has 0 fully saturated rings. The number of hydrazone groups is 1. The van der Waals surface area contributed by atoms with Crippen LogP contribution in [-0.2, 0) is 0 Å². The number of phenols is 2. The van der Waals surface area contributed by atoms with E-state index in [1.165, 1.54) is 18.3 Å². The molecule has 0 aliphatic rings. The van der Waals surface area contributed by atoms with E-state index < -0.39 is 0 Å². The average Bonchev–Trinajstić information content (AvgIpc) is 2.83. The van der Waals surface area contributed by atoms with Gasteiger partial charge in [0.1, 0.15) is 11.5 Å². The van der Waals surface area contributed by atoms with Gasteiger partial charge >= 0.3 is 0 Å². The minimum absolute atomic E-state index is 0.00666. The van der Waals surface area contributed by atoms with Crippen LogP contribution in [0.2, 0.25) is 0 Å². The van der Waals surface area contributed by atoms with E-state index in [2.05, 4.69) is 25.8 Å². The van der Waals surface area contributed by atoms with Crippen molar-refractivity contribution in [3.05, 3.63) is 41.7 Å². The molecule has 0 bridgehead atoms. The summed E-state index contributed by atoms with van der Waals surface area (Å²) in [5.74, 6) is 1.13. The van der Waals surface area contributed by atoms with Gasteiger partial charge in [0.25, 0.3) is 0 Å². The van der Waals surface area contributed by atoms with Gasteiger partial charge in [-0.05, 0) is 31.2 Å². The lowest BCUT2D eigenvalue weighted by Crippen LogP contribution is -2.00. The van der Waals surface area contributed by atoms with Crippen molar-refractivity contribution >= 4 is 17.7 Å². The van der Waals surface area contributed by atoms with Gasteiger partial charge in [0, 0.05) is 11.6 Å². The lowest BCUT2D eigenvalue weighted by Gasteiger charge is -2.01. The first-order valence-corrected chi connectivity index (χ1v) is 6.13. The predicted molar refractivity (Wildman–Crippen MR) is 76.5 cm³/mol. The Bertz CT molecular complexity index is 827. The van der Waals surface area contributed by atoms with Gasteiger partial charge in [-0.25, -0.2) is 0 Å². The number of anilines is 1. The van der Waals surface area contributed by atoms with Crippen molar-refractivity contribution in [1.29, 1.82) is 0 Å². The van der Waals surface area contributed by atoms with Crippen LogP contribution >= 0.6 is 0 Å². The highest BCUT2D eigenvalue weighted by molar-refractivity contribution is 5.84. The van der Waals surface area contributed by atoms with Crippen molar-refractivity contribution in [1.82, 2.24) is 19.8 Å². The molecule has 0 aliphatic heterocycles. The minimum atomic E-state index is -0.0568. The number of hydrogen-bond donors (Lipinski definition) is 3. The van der Waals surface area contributed by atoms with Gasteiger partial charge in [0.05, 0.1) is 6.21 Å². The van der Waals surface area contributed by atoms with Crippen molar-refractivity contribution in [3.63, 3.8) is 0 Å². The summed E-state index contributed by atoms with van der Waals surface area (Å²) in [5, 5.41) is 34.9. The predicted octanol–water partition coefficient (Wildman–Crippen LogP) is 1.29. The van der Waals surface area contributed by atoms with Crippen LogP contribution in [0, 0.1) is 6.92 Å². The number of aromatic nitrogens is 4. The number of benzene rings is 1. The van der Waals surface area contributed by atoms with Crippen LogP contribution in [0.4, 0.5) is 5.82 Å². The second-order valence-corrected chi connectivity index (χ2v) is 4.35. The Morgan fingerprint density at radius 2 is 2.05 bits per heavy atom. The molecule has 0 spiro atoms. The highest BCUT2D eigenvalue weighted by Gasteiger charge is 2.03. The fourth-order valence-corrected chi connectivity index (χ4v) is 1.76. The molecular formula is C13H12N6O2. The Morgan fingerprint density at radius 1 is 1.19 bits per heavy atom. The van der Waals surface area contributed by atoms with E-state index in [1.54, 1.807) is 29.6 Å². The van der Waals surface area contributed by atoms with Crippen LogP contribution < -0.4 is 5.43 Å². The van der Waals surface area contributed by atoms with E-state index >= 15 is 0 Å². The van der Waals surface area contributed by atoms with E-state index in [1.807, 2.05) is 0 Å². The maximum Gasteiger partial charge on any atom is 0.178 e. The number of phenolic OH excluding ortho intramolecular Hbond substituents is 2. The van der Waals surface area contributed by atoms with Crippen LogP contribution in [0.5, 0.6) is 11.5 Å². The summed E-state index contributed by atoms with van der Waals surface area (Å²) in [7, 11) is 0. The Kier molecular flexibility index (Phi) is 3.11. The molecule has 0 unspecified atom stereocenters. The molecule has 1 aromatic carbocycles. The van der Waals surface area contributed by atoms with Crippen LogP contribution in [0.15, 0.2) is 35.4 Å². The molecule has 3 aromatic rings. The zero-order valence-corrected chi connectivity index (χ0v) is 11.1. The van der Waals surface area contributed by atoms with Crippen molar-refractivity contribution in [2.75, 3.05) is 5.43 Å². The first kappa shape index (κ1) is 12.9. The summed E-state index contributed by atoms with van der Waals surface area (Å²) >= 11 is 0. The van der Waals surface area contributed by atoms with E-state index in [4.69, 9.17) is 0 Å². The first-order chi connectivity index (χ1) is 10.1. The summed E-state index contributed by atoms with van der Waals surface area (Å²) in [6, 6.07) is 7.74. The second kappa shape index (κ2) is 5.08. The molecule has 106 valence electrons. The normalized spacial score (nSPS) is 11.3. The zero-order chi connectivity index (χ0) is 14.8. The summed E-state index contributed by atoms with van der Waals surface area (Å²) in [4.78, 5) is 0. The van der Waals surface area contributed by atoms with Gasteiger partial charge in [0.15, 0.2) is 17.3 Å². The minimum Gasteiger partial charge on any atom is -0.508 e. The van der Waals surface area contributed by atoms with Crippen LogP contribution in [0.3, 0.4) is 0 Å². The van der Waals surface area contributed by atoms with E-state index in [9.17, 15) is 10.2 Å². The van der Waals surface area contributed by atoms with E-state index in [0.717, 1.165) is 0 Å². The molecule has 0 atom stereocenters. The molecule has 8 nitrogen and oxygen atoms in total. The van der Waals surface area contributed by atoms with E-state index in [-0.39, 0.29) is 11.5 Å². The number of aryl methyl sites for hydroxylation is 1. The summed E-state index contributed by atoms with van der Waals surface area (Å²) in [6.07, 6.45) is 1.43. The maximum atomic E-state index is 9.62. The number of rotatable bonds is 3. The monoisotopic (exact) mass is 284 g/mol. The molecule has 0 amide bonds. The number of nitrogens with zero attached hydrogens (tertiary/aromatic N) is 5. The van der Waals surface area contributed by atoms with Gasteiger partial charge in [-0.15, -0.1) is 15.3 Å². The molecule has 21 heavy (non-hydrogen) atoms. The smallest absolute Gasteiger partial charge is 0.178 e. The number of hydrogen-bond acceptors (Lipinski definition) is 7. The molecule has 0 radical (unpaired) electrons. The van der Waals surface area contributed by atoms with Crippen molar-refractivity contribution in [3.8, 4) is 11.5 Å². The lowest BCUT2D eigenvalue weighted by atomic mass is 10.2. The topological polar surface area (TPSA) is 108 Å². The van der Waals surface area contributed by atoms with Crippen LogP contribution in [0.25, 0.3) is 5.65 Å². The second-order valence-electron chi connectivity index (χ2n) is 4.35. The third kappa shape index (κ3) is 2.59. The number of fused-ring (bicyclic) bond motifs is 1. The Balaban J connectivity index is 1.79. The van der Waals surface area contributed by atoms with Crippen LogP contribution in [-0.4, -0.2) is 36.2 Å². The fraction of sp³-hybridized carbons (Fsp3) is 0.0769. The van der Waals surface area contributed by atoms with Crippen molar-refractivity contribution in [2.24, 2.45) is 5.10 Å². The van der Waals surface area contributed by atoms with Gasteiger partial charge in [0.2, 0.25) is 0 Å². The third-order valence-corrected chi connectivity index (χ3v) is 2.82. The number of aromatic hydroxyl groups is 2. The molecule has 8 heteroatoms. The molecule has 2 aromatic heterocycles.